The Hall–Kier alpha value is -5.95. The molecule has 3 aliphatic heterocycles. The number of hydrogen-bond donors (Lipinski definition) is 0. The summed E-state index contributed by atoms with van der Waals surface area (Å²) in [5.74, 6) is 8.46. The van der Waals surface area contributed by atoms with E-state index < -0.39 is 0 Å². The number of hydrogen-bond acceptors (Lipinski definition) is 5. The molecule has 6 aromatic rings. The second kappa shape index (κ2) is 14.4. The van der Waals surface area contributed by atoms with E-state index >= 15 is 0 Å². The Balaban J connectivity index is 1.07. The highest BCUT2D eigenvalue weighted by Gasteiger charge is 2.38. The van der Waals surface area contributed by atoms with Crippen LogP contribution in [0.1, 0.15) is 80.7 Å². The van der Waals surface area contributed by atoms with Crippen LogP contribution in [-0.2, 0) is 5.41 Å². The van der Waals surface area contributed by atoms with E-state index in [4.69, 9.17) is 9.72 Å². The SMILES string of the molecule is CC(C)(C)CC1=CN2B(C=C1)C=CC(CC(C)(C)C)=C2N1CN(c2cccc(Oc3ccc4c5ccccc5n(-c5cc(C(C)(C)C)ccn5)c4c3)c2)c2ccccc21. The number of nitrogens with zero attached hydrogens (tertiary/aromatic N) is 5. The molecule has 9 rings (SSSR count). The van der Waals surface area contributed by atoms with Crippen molar-refractivity contribution in [3.63, 3.8) is 0 Å². The molecule has 2 aromatic heterocycles. The molecule has 3 aliphatic rings. The van der Waals surface area contributed by atoms with Crippen LogP contribution in [0.3, 0.4) is 0 Å². The molecule has 4 aromatic carbocycles. The van der Waals surface area contributed by atoms with Gasteiger partial charge in [0, 0.05) is 34.8 Å². The number of pyridine rings is 1. The van der Waals surface area contributed by atoms with Crippen molar-refractivity contribution in [2.24, 2.45) is 10.8 Å². The van der Waals surface area contributed by atoms with E-state index in [1.165, 1.54) is 44.7 Å². The fourth-order valence-electron chi connectivity index (χ4n) is 8.91. The molecule has 0 fully saturated rings. The van der Waals surface area contributed by atoms with Gasteiger partial charge in [-0.1, -0.05) is 123 Å². The zero-order valence-corrected chi connectivity index (χ0v) is 36.1. The van der Waals surface area contributed by atoms with E-state index in [1.54, 1.807) is 0 Å². The van der Waals surface area contributed by atoms with Gasteiger partial charge >= 0.3 is 6.85 Å². The lowest BCUT2D eigenvalue weighted by atomic mass is 9.56. The third-order valence-corrected chi connectivity index (χ3v) is 11.5. The van der Waals surface area contributed by atoms with Crippen LogP contribution in [0.4, 0.5) is 17.1 Å². The number of fused-ring (bicyclic) bond motifs is 5. The maximum absolute atomic E-state index is 6.76. The molecule has 0 amide bonds. The summed E-state index contributed by atoms with van der Waals surface area (Å²) in [6.45, 7) is 21.6. The maximum atomic E-state index is 6.76. The Morgan fingerprint density at radius 3 is 2.10 bits per heavy atom. The summed E-state index contributed by atoms with van der Waals surface area (Å²) in [6.07, 6.45) is 11.0. The van der Waals surface area contributed by atoms with Gasteiger partial charge < -0.3 is 19.3 Å². The van der Waals surface area contributed by atoms with E-state index in [0.717, 1.165) is 46.9 Å². The van der Waals surface area contributed by atoms with Crippen LogP contribution in [0.25, 0.3) is 27.6 Å². The maximum Gasteiger partial charge on any atom is 0.314 e. The van der Waals surface area contributed by atoms with Gasteiger partial charge in [0.15, 0.2) is 0 Å². The van der Waals surface area contributed by atoms with Gasteiger partial charge in [-0.2, -0.15) is 0 Å². The Bertz CT molecular complexity index is 2710. The monoisotopic (exact) mass is 777 g/mol. The van der Waals surface area contributed by atoms with Gasteiger partial charge in [0.1, 0.15) is 29.8 Å². The normalized spacial score (nSPS) is 15.7. The highest BCUT2D eigenvalue weighted by molar-refractivity contribution is 6.68. The van der Waals surface area contributed by atoms with E-state index in [0.29, 0.717) is 6.67 Å². The van der Waals surface area contributed by atoms with Crippen LogP contribution < -0.4 is 14.5 Å². The molecule has 5 heterocycles. The first-order chi connectivity index (χ1) is 28.1. The summed E-state index contributed by atoms with van der Waals surface area (Å²) >= 11 is 0. The molecule has 7 heteroatoms. The Morgan fingerprint density at radius 1 is 0.644 bits per heavy atom. The topological polar surface area (TPSA) is 36.8 Å². The van der Waals surface area contributed by atoms with Crippen molar-refractivity contribution in [1.29, 1.82) is 0 Å². The lowest BCUT2D eigenvalue weighted by Crippen LogP contribution is -2.45. The average Bonchev–Trinajstić information content (AvgIpc) is 3.72. The quantitative estimate of drug-likeness (QED) is 0.151. The minimum absolute atomic E-state index is 0.00170. The Morgan fingerprint density at radius 2 is 1.34 bits per heavy atom. The van der Waals surface area contributed by atoms with Crippen molar-refractivity contribution in [2.75, 3.05) is 16.5 Å². The summed E-state index contributed by atoms with van der Waals surface area (Å²) in [7, 11) is 0. The van der Waals surface area contributed by atoms with Crippen LogP contribution >= 0.6 is 0 Å². The van der Waals surface area contributed by atoms with Gasteiger partial charge in [-0.05, 0) is 107 Å². The molecule has 0 unspecified atom stereocenters. The molecule has 298 valence electrons. The van der Waals surface area contributed by atoms with Gasteiger partial charge in [-0.15, -0.1) is 0 Å². The predicted molar refractivity (Wildman–Crippen MR) is 249 cm³/mol. The first kappa shape index (κ1) is 38.6. The van der Waals surface area contributed by atoms with E-state index in [1.807, 2.05) is 6.20 Å². The summed E-state index contributed by atoms with van der Waals surface area (Å²) in [5.41, 5.74) is 9.94. The largest absolute Gasteiger partial charge is 0.457 e. The van der Waals surface area contributed by atoms with E-state index in [-0.39, 0.29) is 23.1 Å². The van der Waals surface area contributed by atoms with Gasteiger partial charge in [0.25, 0.3) is 0 Å². The van der Waals surface area contributed by atoms with Gasteiger partial charge in [0.05, 0.1) is 22.4 Å². The smallest absolute Gasteiger partial charge is 0.314 e. The van der Waals surface area contributed by atoms with Gasteiger partial charge in [0.2, 0.25) is 0 Å². The fraction of sp³-hybridized carbons (Fsp3) is 0.288. The molecule has 0 aliphatic carbocycles. The second-order valence-corrected chi connectivity index (χ2v) is 19.9. The second-order valence-electron chi connectivity index (χ2n) is 19.9. The third-order valence-electron chi connectivity index (χ3n) is 11.5. The van der Waals surface area contributed by atoms with Gasteiger partial charge in [-0.25, -0.2) is 4.98 Å². The zero-order chi connectivity index (χ0) is 41.3. The molecule has 0 spiro atoms. The van der Waals surface area contributed by atoms with Crippen LogP contribution in [0.5, 0.6) is 11.5 Å². The Labute approximate surface area is 350 Å². The number of anilines is 3. The molecule has 6 nitrogen and oxygen atoms in total. The highest BCUT2D eigenvalue weighted by atomic mass is 16.5. The number of rotatable bonds is 7. The number of aromatic nitrogens is 2. The standard InChI is InChI=1S/C52H56BN5O/c1-50(2,3)32-36-23-26-53-27-24-37(33-51(4,5)6)49(57(53)34-36)56-35-55(45-19-12-13-20-46(45)56)39-15-14-16-40(30-39)59-41-21-22-43-42-17-10-11-18-44(42)58(47(43)31-41)48-29-38(25-28-54-48)52(7,8)9/h10-31,34H,32-33,35H2,1-9H3. The van der Waals surface area contributed by atoms with Crippen molar-refractivity contribution in [1.82, 2.24) is 14.4 Å². The minimum Gasteiger partial charge on any atom is -0.457 e. The summed E-state index contributed by atoms with van der Waals surface area (Å²) in [6, 6.07) is 36.7. The van der Waals surface area contributed by atoms with E-state index in [9.17, 15) is 0 Å². The average molecular weight is 778 g/mol. The molecule has 0 bridgehead atoms. The molecule has 0 N–H and O–H groups in total. The molecular formula is C52H56BN5O. The number of allylic oxidation sites excluding steroid dienone is 4. The van der Waals surface area contributed by atoms with Gasteiger partial charge in [-0.3, -0.25) is 4.57 Å². The first-order valence-electron chi connectivity index (χ1n) is 21.1. The molecule has 0 atom stereocenters. The van der Waals surface area contributed by atoms with Crippen LogP contribution in [0.15, 0.2) is 157 Å². The third kappa shape index (κ3) is 7.59. The van der Waals surface area contributed by atoms with Crippen molar-refractivity contribution in [3.8, 4) is 17.3 Å². The van der Waals surface area contributed by atoms with Crippen molar-refractivity contribution in [3.05, 3.63) is 162 Å². The zero-order valence-electron chi connectivity index (χ0n) is 36.1. The highest BCUT2D eigenvalue weighted by Crippen LogP contribution is 2.47. The van der Waals surface area contributed by atoms with Crippen molar-refractivity contribution < 1.29 is 4.74 Å². The number of ether oxygens (including phenoxy) is 1. The summed E-state index contributed by atoms with van der Waals surface area (Å²) in [5, 5.41) is 2.36. The lowest BCUT2D eigenvalue weighted by molar-refractivity contribution is 0.405. The molecule has 0 saturated heterocycles. The predicted octanol–water partition coefficient (Wildman–Crippen LogP) is 13.7. The number of para-hydroxylation sites is 3. The van der Waals surface area contributed by atoms with Crippen molar-refractivity contribution >= 4 is 45.7 Å². The van der Waals surface area contributed by atoms with Crippen LogP contribution in [0, 0.1) is 10.8 Å². The molecular weight excluding hydrogens is 721 g/mol. The lowest BCUT2D eigenvalue weighted by Gasteiger charge is -2.41. The van der Waals surface area contributed by atoms with Crippen LogP contribution in [0.2, 0.25) is 0 Å². The fourth-order valence-corrected chi connectivity index (χ4v) is 8.91. The molecule has 59 heavy (non-hydrogen) atoms. The first-order valence-corrected chi connectivity index (χ1v) is 21.1. The van der Waals surface area contributed by atoms with Crippen molar-refractivity contribution in [2.45, 2.75) is 80.6 Å². The summed E-state index contributed by atoms with van der Waals surface area (Å²) in [4.78, 5) is 12.4. The molecule has 0 saturated carbocycles. The molecule has 0 radical (unpaired) electrons. The Kier molecular flexibility index (Phi) is 9.42. The van der Waals surface area contributed by atoms with Crippen LogP contribution in [-0.4, -0.2) is 27.9 Å². The van der Waals surface area contributed by atoms with E-state index in [2.05, 4.69) is 215 Å². The minimum atomic E-state index is 0.00170. The summed E-state index contributed by atoms with van der Waals surface area (Å²) < 4.78 is 9.03. The number of benzene rings is 4.